The molecule has 1 aliphatic carbocycles. The van der Waals surface area contributed by atoms with Gasteiger partial charge in [-0.3, -0.25) is 9.88 Å². The van der Waals surface area contributed by atoms with Gasteiger partial charge in [0.05, 0.1) is 6.54 Å². The van der Waals surface area contributed by atoms with Crippen LogP contribution in [0.25, 0.3) is 0 Å². The van der Waals surface area contributed by atoms with Crippen molar-refractivity contribution in [2.75, 3.05) is 6.54 Å². The number of hydrogen-bond donors (Lipinski definition) is 2. The maximum Gasteiger partial charge on any atom is 0.234 e. The Bertz CT molecular complexity index is 168. The molecule has 0 heterocycles. The van der Waals surface area contributed by atoms with Crippen molar-refractivity contribution in [2.45, 2.75) is 51.0 Å². The smallest absolute Gasteiger partial charge is 0.234 e. The second-order valence-electron chi connectivity index (χ2n) is 3.99. The molecule has 0 aromatic heterocycles. The molecule has 3 nitrogen and oxygen atoms in total. The van der Waals surface area contributed by atoms with Gasteiger partial charge in [-0.1, -0.05) is 41.5 Å². The van der Waals surface area contributed by atoms with Crippen molar-refractivity contribution in [3.05, 3.63) is 0 Å². The average molecular weight is 216 g/mol. The highest BCUT2D eigenvalue weighted by Crippen LogP contribution is 2.16. The Morgan fingerprint density at radius 3 is 2.29 bits per heavy atom. The van der Waals surface area contributed by atoms with Gasteiger partial charge in [-0.2, -0.15) is 0 Å². The Labute approximate surface area is 88.7 Å². The van der Waals surface area contributed by atoms with Crippen LogP contribution in [0.3, 0.4) is 0 Å². The zero-order chi connectivity index (χ0) is 10.2. The largest absolute Gasteiger partial charge is 0.352 e. The molecule has 1 rings (SSSR count). The Hall–Kier alpha value is -0.140. The van der Waals surface area contributed by atoms with Crippen LogP contribution < -0.4 is 10.4 Å². The maximum absolute atomic E-state index is 11.3. The Kier molecular flexibility index (Phi) is 6.13. The predicted octanol–water partition coefficient (Wildman–Crippen LogP) is 1.60. The van der Waals surface area contributed by atoms with Gasteiger partial charge in [0.1, 0.15) is 0 Å². The molecule has 0 aliphatic heterocycles. The SMILES string of the molecule is O=C(CNP)NC1CCCCCCC1. The maximum atomic E-state index is 11.3. The van der Waals surface area contributed by atoms with Crippen LogP contribution in [-0.4, -0.2) is 18.5 Å². The van der Waals surface area contributed by atoms with E-state index in [9.17, 15) is 4.79 Å². The zero-order valence-corrected chi connectivity index (χ0v) is 9.87. The van der Waals surface area contributed by atoms with E-state index in [2.05, 4.69) is 19.8 Å². The molecule has 1 fully saturated rings. The van der Waals surface area contributed by atoms with Gasteiger partial charge in [-0.25, -0.2) is 0 Å². The van der Waals surface area contributed by atoms with Gasteiger partial charge in [0, 0.05) is 6.04 Å². The van der Waals surface area contributed by atoms with Crippen LogP contribution in [-0.2, 0) is 4.79 Å². The number of nitrogens with one attached hydrogen (secondary N) is 2. The summed E-state index contributed by atoms with van der Waals surface area (Å²) in [7, 11) is 2.35. The molecule has 0 spiro atoms. The highest BCUT2D eigenvalue weighted by molar-refractivity contribution is 7.13. The van der Waals surface area contributed by atoms with Gasteiger partial charge in [0.25, 0.3) is 0 Å². The summed E-state index contributed by atoms with van der Waals surface area (Å²) >= 11 is 0. The normalized spacial score (nSPS) is 19.8. The molecule has 14 heavy (non-hydrogen) atoms. The molecule has 0 radical (unpaired) electrons. The molecule has 0 saturated heterocycles. The van der Waals surface area contributed by atoms with Gasteiger partial charge < -0.3 is 5.32 Å². The Morgan fingerprint density at radius 1 is 1.14 bits per heavy atom. The first-order chi connectivity index (χ1) is 6.83. The first-order valence-electron chi connectivity index (χ1n) is 5.56. The minimum absolute atomic E-state index is 0.116. The molecule has 1 amide bonds. The number of carbonyl (C=O) groups is 1. The number of carbonyl (C=O) groups excluding carboxylic acids is 1. The van der Waals surface area contributed by atoms with Crippen LogP contribution in [0.2, 0.25) is 0 Å². The number of amides is 1. The van der Waals surface area contributed by atoms with Crippen molar-refractivity contribution in [2.24, 2.45) is 0 Å². The molecular weight excluding hydrogens is 195 g/mol. The van der Waals surface area contributed by atoms with Crippen molar-refractivity contribution in [3.63, 3.8) is 0 Å². The number of hydrogen-bond acceptors (Lipinski definition) is 2. The van der Waals surface area contributed by atoms with Gasteiger partial charge in [-0.15, -0.1) is 0 Å². The molecule has 1 aliphatic rings. The van der Waals surface area contributed by atoms with Crippen LogP contribution in [0, 0.1) is 0 Å². The van der Waals surface area contributed by atoms with Gasteiger partial charge >= 0.3 is 0 Å². The van der Waals surface area contributed by atoms with Crippen molar-refractivity contribution in [3.8, 4) is 0 Å². The minimum atomic E-state index is 0.116. The molecule has 2 N–H and O–H groups in total. The molecule has 82 valence electrons. The lowest BCUT2D eigenvalue weighted by molar-refractivity contribution is -0.120. The fraction of sp³-hybridized carbons (Fsp3) is 0.900. The lowest BCUT2D eigenvalue weighted by Crippen LogP contribution is -2.39. The molecule has 1 atom stereocenters. The summed E-state index contributed by atoms with van der Waals surface area (Å²) in [5.74, 6) is 0.116. The van der Waals surface area contributed by atoms with E-state index in [1.807, 2.05) is 0 Å². The monoisotopic (exact) mass is 216 g/mol. The van der Waals surface area contributed by atoms with Crippen LogP contribution in [0.15, 0.2) is 0 Å². The highest BCUT2D eigenvalue weighted by Gasteiger charge is 2.12. The quantitative estimate of drug-likeness (QED) is 0.703. The predicted molar refractivity (Wildman–Crippen MR) is 62.0 cm³/mol. The van der Waals surface area contributed by atoms with E-state index in [-0.39, 0.29) is 5.91 Å². The van der Waals surface area contributed by atoms with Crippen LogP contribution >= 0.6 is 9.39 Å². The summed E-state index contributed by atoms with van der Waals surface area (Å²) in [4.78, 5) is 11.3. The average Bonchev–Trinajstić information content (AvgIpc) is 2.10. The van der Waals surface area contributed by atoms with Gasteiger partial charge in [0.15, 0.2) is 0 Å². The summed E-state index contributed by atoms with van der Waals surface area (Å²) in [6, 6.07) is 0.418. The van der Waals surface area contributed by atoms with Crippen LogP contribution in [0.5, 0.6) is 0 Å². The summed E-state index contributed by atoms with van der Waals surface area (Å²) in [5.41, 5.74) is 0. The van der Waals surface area contributed by atoms with E-state index >= 15 is 0 Å². The minimum Gasteiger partial charge on any atom is -0.352 e. The summed E-state index contributed by atoms with van der Waals surface area (Å²) in [6.07, 6.45) is 8.86. The summed E-state index contributed by atoms with van der Waals surface area (Å²) in [6.45, 7) is 0.404. The fourth-order valence-electron chi connectivity index (χ4n) is 1.97. The van der Waals surface area contributed by atoms with Gasteiger partial charge in [0.2, 0.25) is 5.91 Å². The lowest BCUT2D eigenvalue weighted by Gasteiger charge is -2.20. The van der Waals surface area contributed by atoms with Crippen molar-refractivity contribution in [1.82, 2.24) is 10.4 Å². The third-order valence-corrected chi connectivity index (χ3v) is 2.94. The Balaban J connectivity index is 2.22. The van der Waals surface area contributed by atoms with Crippen molar-refractivity contribution < 1.29 is 4.79 Å². The van der Waals surface area contributed by atoms with Crippen molar-refractivity contribution >= 4 is 15.3 Å². The van der Waals surface area contributed by atoms with E-state index in [4.69, 9.17) is 0 Å². The van der Waals surface area contributed by atoms with E-state index in [1.54, 1.807) is 0 Å². The Morgan fingerprint density at radius 2 is 1.71 bits per heavy atom. The lowest BCUT2D eigenvalue weighted by atomic mass is 9.97. The standard InChI is InChI=1S/C10H21N2OP/c13-10(8-11-14)12-9-6-4-2-1-3-5-7-9/h9,11H,1-8,14H2,(H,12,13). The molecule has 0 bridgehead atoms. The summed E-state index contributed by atoms with van der Waals surface area (Å²) in [5, 5.41) is 5.86. The second-order valence-corrected chi connectivity index (χ2v) is 4.40. The molecule has 1 saturated carbocycles. The van der Waals surface area contributed by atoms with Crippen LogP contribution in [0.4, 0.5) is 0 Å². The highest BCUT2D eigenvalue weighted by atomic mass is 31.0. The molecule has 0 aromatic carbocycles. The molecular formula is C10H21N2OP. The first kappa shape index (κ1) is 11.9. The van der Waals surface area contributed by atoms with E-state index in [0.717, 1.165) is 12.8 Å². The van der Waals surface area contributed by atoms with Crippen LogP contribution in [0.1, 0.15) is 44.9 Å². The first-order valence-corrected chi connectivity index (χ1v) is 6.13. The number of rotatable bonds is 3. The van der Waals surface area contributed by atoms with Crippen molar-refractivity contribution in [1.29, 1.82) is 0 Å². The molecule has 4 heteroatoms. The topological polar surface area (TPSA) is 41.1 Å². The third kappa shape index (κ3) is 4.92. The molecule has 1 unspecified atom stereocenters. The van der Waals surface area contributed by atoms with E-state index in [1.165, 1.54) is 32.1 Å². The van der Waals surface area contributed by atoms with Gasteiger partial charge in [-0.05, 0) is 12.8 Å². The second kappa shape index (κ2) is 7.19. The summed E-state index contributed by atoms with van der Waals surface area (Å²) < 4.78 is 0. The fourth-order valence-corrected chi connectivity index (χ4v) is 2.16. The van der Waals surface area contributed by atoms with E-state index in [0.29, 0.717) is 12.6 Å². The zero-order valence-electron chi connectivity index (χ0n) is 8.72. The molecule has 0 aromatic rings. The third-order valence-electron chi connectivity index (χ3n) is 2.73. The van der Waals surface area contributed by atoms with E-state index < -0.39 is 0 Å².